The van der Waals surface area contributed by atoms with Crippen LogP contribution < -0.4 is 11.1 Å². The standard InChI is InChI=1S/C24H28N4.ClH/c25-15-6-7-16-26-24-23-21(14-17-27-24)20-12-4-5-13-22(20)28(23)18-8-11-19-9-2-1-3-10-19;/h1-5,9-10,12-14,17H,6-8,11,15-16,18,25H2,(H,26,27);1H. The van der Waals surface area contributed by atoms with Crippen LogP contribution in [0.2, 0.25) is 0 Å². The van der Waals surface area contributed by atoms with Gasteiger partial charge in [-0.1, -0.05) is 48.5 Å². The second kappa shape index (κ2) is 10.3. The zero-order valence-corrected chi connectivity index (χ0v) is 17.5. The van der Waals surface area contributed by atoms with Crippen molar-refractivity contribution in [3.05, 3.63) is 72.4 Å². The zero-order chi connectivity index (χ0) is 19.2. The van der Waals surface area contributed by atoms with Gasteiger partial charge >= 0.3 is 0 Å². The minimum atomic E-state index is 0. The van der Waals surface area contributed by atoms with Crippen LogP contribution in [0.5, 0.6) is 0 Å². The predicted molar refractivity (Wildman–Crippen MR) is 126 cm³/mol. The molecule has 5 heteroatoms. The van der Waals surface area contributed by atoms with Gasteiger partial charge in [0, 0.05) is 35.6 Å². The second-order valence-electron chi connectivity index (χ2n) is 7.24. The molecule has 0 bridgehead atoms. The van der Waals surface area contributed by atoms with Gasteiger partial charge in [0.15, 0.2) is 5.82 Å². The molecule has 152 valence electrons. The first kappa shape index (κ1) is 21.2. The molecule has 2 heterocycles. The van der Waals surface area contributed by atoms with Crippen molar-refractivity contribution in [3.8, 4) is 0 Å². The molecule has 4 aromatic rings. The van der Waals surface area contributed by atoms with Gasteiger partial charge in [0.2, 0.25) is 0 Å². The molecule has 0 fully saturated rings. The van der Waals surface area contributed by atoms with Crippen LogP contribution in [0.25, 0.3) is 21.8 Å². The maximum atomic E-state index is 5.63. The molecule has 0 amide bonds. The van der Waals surface area contributed by atoms with E-state index in [1.54, 1.807) is 0 Å². The Hall–Kier alpha value is -2.56. The molecule has 2 aromatic carbocycles. The first-order valence-electron chi connectivity index (χ1n) is 10.2. The number of hydrogen-bond acceptors (Lipinski definition) is 3. The lowest BCUT2D eigenvalue weighted by molar-refractivity contribution is 0.677. The normalized spacial score (nSPS) is 10.9. The summed E-state index contributed by atoms with van der Waals surface area (Å²) in [5, 5.41) is 6.11. The highest BCUT2D eigenvalue weighted by atomic mass is 35.5. The third kappa shape index (κ3) is 4.72. The summed E-state index contributed by atoms with van der Waals surface area (Å²) in [6, 6.07) is 21.5. The largest absolute Gasteiger partial charge is 0.368 e. The summed E-state index contributed by atoms with van der Waals surface area (Å²) in [7, 11) is 0. The van der Waals surface area contributed by atoms with E-state index in [-0.39, 0.29) is 12.4 Å². The first-order valence-corrected chi connectivity index (χ1v) is 10.2. The first-order chi connectivity index (χ1) is 13.9. The lowest BCUT2D eigenvalue weighted by Gasteiger charge is -2.12. The minimum absolute atomic E-state index is 0. The smallest absolute Gasteiger partial charge is 0.150 e. The molecule has 0 radical (unpaired) electrons. The number of anilines is 1. The van der Waals surface area contributed by atoms with Gasteiger partial charge in [0.25, 0.3) is 0 Å². The van der Waals surface area contributed by atoms with Crippen molar-refractivity contribution >= 4 is 40.0 Å². The van der Waals surface area contributed by atoms with Crippen molar-refractivity contribution in [2.24, 2.45) is 5.73 Å². The molecule has 4 rings (SSSR count). The van der Waals surface area contributed by atoms with E-state index in [9.17, 15) is 0 Å². The van der Waals surface area contributed by atoms with Gasteiger partial charge in [0.1, 0.15) is 0 Å². The molecular formula is C24H29ClN4. The fourth-order valence-corrected chi connectivity index (χ4v) is 3.93. The number of aromatic nitrogens is 2. The minimum Gasteiger partial charge on any atom is -0.368 e. The number of hydrogen-bond donors (Lipinski definition) is 2. The number of benzene rings is 2. The van der Waals surface area contributed by atoms with Gasteiger partial charge in [0.05, 0.1) is 5.52 Å². The summed E-state index contributed by atoms with van der Waals surface area (Å²) in [5.41, 5.74) is 9.51. The fourth-order valence-electron chi connectivity index (χ4n) is 3.93. The Labute approximate surface area is 178 Å². The Kier molecular flexibility index (Phi) is 7.50. The quantitative estimate of drug-likeness (QED) is 0.365. The Morgan fingerprint density at radius 2 is 1.66 bits per heavy atom. The molecule has 0 aliphatic carbocycles. The summed E-state index contributed by atoms with van der Waals surface area (Å²) in [5.74, 6) is 0.977. The van der Waals surface area contributed by atoms with Crippen LogP contribution in [-0.2, 0) is 13.0 Å². The molecule has 0 spiro atoms. The Morgan fingerprint density at radius 1 is 0.862 bits per heavy atom. The van der Waals surface area contributed by atoms with Crippen LogP contribution in [0.4, 0.5) is 5.82 Å². The average Bonchev–Trinajstić information content (AvgIpc) is 3.07. The molecule has 0 aliphatic heterocycles. The predicted octanol–water partition coefficient (Wildman–Crippen LogP) is 5.39. The van der Waals surface area contributed by atoms with Gasteiger partial charge in [-0.25, -0.2) is 4.98 Å². The molecule has 2 aromatic heterocycles. The van der Waals surface area contributed by atoms with Gasteiger partial charge in [-0.15, -0.1) is 12.4 Å². The van der Waals surface area contributed by atoms with Gasteiger partial charge in [-0.05, 0) is 49.9 Å². The van der Waals surface area contributed by atoms with Crippen LogP contribution in [-0.4, -0.2) is 22.6 Å². The zero-order valence-electron chi connectivity index (χ0n) is 16.7. The van der Waals surface area contributed by atoms with Crippen molar-refractivity contribution in [3.63, 3.8) is 0 Å². The van der Waals surface area contributed by atoms with E-state index in [1.807, 2.05) is 6.20 Å². The number of nitrogens with two attached hydrogens (primary N) is 1. The van der Waals surface area contributed by atoms with Gasteiger partial charge in [-0.2, -0.15) is 0 Å². The molecular weight excluding hydrogens is 380 g/mol. The van der Waals surface area contributed by atoms with Crippen LogP contribution >= 0.6 is 12.4 Å². The van der Waals surface area contributed by atoms with E-state index < -0.39 is 0 Å². The van der Waals surface area contributed by atoms with Gasteiger partial charge < -0.3 is 15.6 Å². The lowest BCUT2D eigenvalue weighted by atomic mass is 10.1. The maximum Gasteiger partial charge on any atom is 0.150 e. The maximum absolute atomic E-state index is 5.63. The molecule has 0 saturated heterocycles. The lowest BCUT2D eigenvalue weighted by Crippen LogP contribution is -2.08. The van der Waals surface area contributed by atoms with Crippen molar-refractivity contribution < 1.29 is 0 Å². The summed E-state index contributed by atoms with van der Waals surface area (Å²) < 4.78 is 2.44. The molecule has 0 aliphatic rings. The number of fused-ring (bicyclic) bond motifs is 3. The summed E-state index contributed by atoms with van der Waals surface area (Å²) in [6.07, 6.45) is 6.17. The molecule has 4 nitrogen and oxygen atoms in total. The monoisotopic (exact) mass is 408 g/mol. The highest BCUT2D eigenvalue weighted by Gasteiger charge is 2.14. The second-order valence-corrected chi connectivity index (χ2v) is 7.24. The number of pyridine rings is 1. The molecule has 0 saturated carbocycles. The van der Waals surface area contributed by atoms with E-state index in [0.717, 1.165) is 51.1 Å². The van der Waals surface area contributed by atoms with Crippen molar-refractivity contribution in [2.75, 3.05) is 18.4 Å². The number of unbranched alkanes of at least 4 members (excludes halogenated alkanes) is 1. The molecule has 29 heavy (non-hydrogen) atoms. The number of aryl methyl sites for hydroxylation is 2. The van der Waals surface area contributed by atoms with Crippen molar-refractivity contribution in [2.45, 2.75) is 32.2 Å². The van der Waals surface area contributed by atoms with E-state index >= 15 is 0 Å². The Bertz CT molecular complexity index is 1040. The van der Waals surface area contributed by atoms with Crippen molar-refractivity contribution in [1.29, 1.82) is 0 Å². The number of nitrogens with zero attached hydrogens (tertiary/aromatic N) is 2. The number of rotatable bonds is 9. The van der Waals surface area contributed by atoms with Gasteiger partial charge in [-0.3, -0.25) is 0 Å². The van der Waals surface area contributed by atoms with Crippen LogP contribution in [0, 0.1) is 0 Å². The summed E-state index contributed by atoms with van der Waals surface area (Å²) >= 11 is 0. The summed E-state index contributed by atoms with van der Waals surface area (Å²) in [4.78, 5) is 4.66. The van der Waals surface area contributed by atoms with E-state index in [2.05, 4.69) is 75.5 Å². The third-order valence-electron chi connectivity index (χ3n) is 5.29. The Morgan fingerprint density at radius 3 is 2.48 bits per heavy atom. The summed E-state index contributed by atoms with van der Waals surface area (Å²) in [6.45, 7) is 2.61. The SMILES string of the molecule is Cl.NCCCCNc1nccc2c3ccccc3n(CCCc3ccccc3)c12. The Balaban J connectivity index is 0.00000240. The average molecular weight is 409 g/mol. The van der Waals surface area contributed by atoms with Crippen LogP contribution in [0.1, 0.15) is 24.8 Å². The van der Waals surface area contributed by atoms with Crippen molar-refractivity contribution in [1.82, 2.24) is 9.55 Å². The molecule has 0 atom stereocenters. The highest BCUT2D eigenvalue weighted by molar-refractivity contribution is 6.11. The third-order valence-corrected chi connectivity index (χ3v) is 5.29. The highest BCUT2D eigenvalue weighted by Crippen LogP contribution is 2.32. The van der Waals surface area contributed by atoms with Crippen LogP contribution in [0.3, 0.4) is 0 Å². The van der Waals surface area contributed by atoms with E-state index in [4.69, 9.17) is 5.73 Å². The van der Waals surface area contributed by atoms with E-state index in [0.29, 0.717) is 0 Å². The topological polar surface area (TPSA) is 55.9 Å². The van der Waals surface area contributed by atoms with Crippen LogP contribution in [0.15, 0.2) is 66.9 Å². The number of nitrogens with one attached hydrogen (secondary N) is 1. The molecule has 3 N–H and O–H groups in total. The fraction of sp³-hybridized carbons (Fsp3) is 0.292. The number of para-hydroxylation sites is 1. The number of halogens is 1. The van der Waals surface area contributed by atoms with E-state index in [1.165, 1.54) is 27.4 Å². The molecule has 0 unspecified atom stereocenters.